The Labute approximate surface area is 131 Å². The number of nitrogens with zero attached hydrogens (tertiary/aromatic N) is 2. The van der Waals surface area contributed by atoms with E-state index in [1.807, 2.05) is 0 Å². The average molecular weight is 223 g/mol. The van der Waals surface area contributed by atoms with Crippen LogP contribution >= 0.6 is 0 Å². The molecule has 3 nitrogen and oxygen atoms in total. The third kappa shape index (κ3) is 7.76. The molecule has 0 bridgehead atoms. The zero-order chi connectivity index (χ0) is 9.52. The summed E-state index contributed by atoms with van der Waals surface area (Å²) < 4.78 is 0. The van der Waals surface area contributed by atoms with Gasteiger partial charge in [-0.3, -0.25) is 0 Å². The van der Waals surface area contributed by atoms with Crippen LogP contribution in [0.4, 0.5) is 0 Å². The van der Waals surface area contributed by atoms with E-state index in [0.29, 0.717) is 0 Å². The van der Waals surface area contributed by atoms with E-state index >= 15 is 0 Å². The van der Waals surface area contributed by atoms with Gasteiger partial charge in [0.1, 0.15) is 0 Å². The first kappa shape index (κ1) is 15.5. The van der Waals surface area contributed by atoms with Crippen LogP contribution < -0.4 is 56.7 Å². The van der Waals surface area contributed by atoms with Crippen molar-refractivity contribution in [2.24, 2.45) is 0 Å². The molecule has 1 N–H and O–H groups in total. The molecule has 78 valence electrons. The Balaban J connectivity index is 0.00000169. The van der Waals surface area contributed by atoms with Crippen LogP contribution in [0, 0.1) is 0 Å². The Kier molecular flexibility index (Phi) is 10.8. The van der Waals surface area contributed by atoms with Gasteiger partial charge in [0, 0.05) is 6.04 Å². The molecule has 0 amide bonds. The molecule has 0 saturated carbocycles. The normalized spacial score (nSPS) is 21.2. The summed E-state index contributed by atoms with van der Waals surface area (Å²) >= 11 is 0. The van der Waals surface area contributed by atoms with E-state index in [9.17, 15) is 0 Å². The molecule has 0 aliphatic carbocycles. The smallest absolute Gasteiger partial charge is 0.661 e. The van der Waals surface area contributed by atoms with Gasteiger partial charge < -0.3 is 15.5 Å². The Morgan fingerprint density at radius 2 is 2.14 bits per heavy atom. The molecule has 1 unspecified atom stereocenters. The van der Waals surface area contributed by atoms with Crippen molar-refractivity contribution in [3.63, 3.8) is 0 Å². The Hall–Kier alpha value is 1.52. The molecule has 1 heterocycles. The fraction of sp³-hybridized carbons (Fsp3) is 1.00. The second-order valence-corrected chi connectivity index (χ2v) is 4.06. The Morgan fingerprint density at radius 3 is 2.71 bits per heavy atom. The van der Waals surface area contributed by atoms with Crippen LogP contribution in [0.5, 0.6) is 0 Å². The molecule has 1 rings (SSSR count). The van der Waals surface area contributed by atoms with E-state index in [2.05, 4.69) is 29.6 Å². The largest absolute Gasteiger partial charge is 1.00 e. The molecule has 1 atom stereocenters. The van der Waals surface area contributed by atoms with Crippen LogP contribution in [0.1, 0.15) is 19.3 Å². The molecule has 1 fully saturated rings. The van der Waals surface area contributed by atoms with Crippen LogP contribution in [0.2, 0.25) is 0 Å². The van der Waals surface area contributed by atoms with Crippen LogP contribution in [0.15, 0.2) is 0 Å². The van der Waals surface area contributed by atoms with Crippen molar-refractivity contribution >= 4 is 0 Å². The maximum Gasteiger partial charge on any atom is 1.00 e. The van der Waals surface area contributed by atoms with Crippen molar-refractivity contribution in [1.82, 2.24) is 10.2 Å². The zero-order valence-corrected chi connectivity index (χ0v) is 13.0. The van der Waals surface area contributed by atoms with E-state index in [4.69, 9.17) is 0 Å². The maximum atomic E-state index is 4.49. The molecular weight excluding hydrogens is 201 g/mol. The van der Waals surface area contributed by atoms with Gasteiger partial charge in [-0.25, -0.2) is 0 Å². The topological polar surface area (TPSA) is 29.4 Å². The third-order valence-electron chi connectivity index (χ3n) is 2.50. The molecule has 0 aromatic carbocycles. The van der Waals surface area contributed by atoms with Crippen LogP contribution in [0.3, 0.4) is 0 Å². The van der Waals surface area contributed by atoms with Crippen LogP contribution in [-0.4, -0.2) is 51.2 Å². The molecular formula is C10H22KN3. The summed E-state index contributed by atoms with van der Waals surface area (Å²) in [6.45, 7) is 4.31. The standard InChI is InChI=1S/C10H22N3.K/c1-13(2)9-8-11-7-5-10-4-3-6-12-10;/h10,12H,3-9H2,1-2H3;/q-1;+1. The molecule has 0 spiro atoms. The van der Waals surface area contributed by atoms with Gasteiger partial charge in [-0.15, -0.1) is 13.1 Å². The summed E-state index contributed by atoms with van der Waals surface area (Å²) in [6, 6.07) is 0.753. The monoisotopic (exact) mass is 223 g/mol. The number of hydrogen-bond acceptors (Lipinski definition) is 2. The van der Waals surface area contributed by atoms with Crippen molar-refractivity contribution in [1.29, 1.82) is 0 Å². The first-order valence-corrected chi connectivity index (χ1v) is 5.30. The maximum absolute atomic E-state index is 4.49. The van der Waals surface area contributed by atoms with E-state index < -0.39 is 0 Å². The second-order valence-electron chi connectivity index (χ2n) is 4.06. The fourth-order valence-electron chi connectivity index (χ4n) is 1.63. The Morgan fingerprint density at radius 1 is 1.36 bits per heavy atom. The van der Waals surface area contributed by atoms with Gasteiger partial charge in [-0.1, -0.05) is 6.42 Å². The van der Waals surface area contributed by atoms with E-state index in [1.165, 1.54) is 25.8 Å². The molecule has 1 aliphatic rings. The summed E-state index contributed by atoms with van der Waals surface area (Å²) in [5.41, 5.74) is 0. The molecule has 1 aliphatic heterocycles. The van der Waals surface area contributed by atoms with E-state index in [-0.39, 0.29) is 51.4 Å². The number of rotatable bonds is 6. The van der Waals surface area contributed by atoms with Gasteiger partial charge in [0.25, 0.3) is 0 Å². The van der Waals surface area contributed by atoms with Gasteiger partial charge >= 0.3 is 51.4 Å². The second kappa shape index (κ2) is 9.72. The molecule has 0 aromatic heterocycles. The zero-order valence-electron chi connectivity index (χ0n) is 9.92. The molecule has 0 radical (unpaired) electrons. The van der Waals surface area contributed by atoms with Gasteiger partial charge in [0.05, 0.1) is 0 Å². The van der Waals surface area contributed by atoms with E-state index in [0.717, 1.165) is 25.7 Å². The summed E-state index contributed by atoms with van der Waals surface area (Å²) in [6.07, 6.45) is 3.93. The van der Waals surface area contributed by atoms with Gasteiger partial charge in [0.2, 0.25) is 0 Å². The van der Waals surface area contributed by atoms with Crippen LogP contribution in [0.25, 0.3) is 5.32 Å². The minimum absolute atomic E-state index is 0. The molecule has 1 saturated heterocycles. The van der Waals surface area contributed by atoms with Gasteiger partial charge in [-0.2, -0.15) is 0 Å². The van der Waals surface area contributed by atoms with Crippen molar-refractivity contribution in [2.75, 3.05) is 40.3 Å². The van der Waals surface area contributed by atoms with Gasteiger partial charge in [0.15, 0.2) is 0 Å². The quantitative estimate of drug-likeness (QED) is 0.420. The Bertz CT molecular complexity index is 125. The minimum Gasteiger partial charge on any atom is -0.661 e. The minimum atomic E-state index is 0. The summed E-state index contributed by atoms with van der Waals surface area (Å²) in [4.78, 5) is 2.18. The van der Waals surface area contributed by atoms with Gasteiger partial charge in [-0.05, 0) is 40.0 Å². The van der Waals surface area contributed by atoms with Crippen molar-refractivity contribution < 1.29 is 51.4 Å². The number of likely N-dealkylation sites (N-methyl/N-ethyl adjacent to an activating group) is 1. The number of hydrogen-bond donors (Lipinski definition) is 1. The predicted molar refractivity (Wildman–Crippen MR) is 57.3 cm³/mol. The first-order chi connectivity index (χ1) is 6.29. The third-order valence-corrected chi connectivity index (χ3v) is 2.50. The predicted octanol–water partition coefficient (Wildman–Crippen LogP) is -1.93. The first-order valence-electron chi connectivity index (χ1n) is 5.30. The SMILES string of the molecule is CN(C)CC[N-]CCC1CCCN1.[K+]. The van der Waals surface area contributed by atoms with Crippen LogP contribution in [-0.2, 0) is 0 Å². The summed E-state index contributed by atoms with van der Waals surface area (Å²) in [5.74, 6) is 0. The van der Waals surface area contributed by atoms with Crippen molar-refractivity contribution in [3.05, 3.63) is 5.32 Å². The fourth-order valence-corrected chi connectivity index (χ4v) is 1.63. The van der Waals surface area contributed by atoms with Crippen molar-refractivity contribution in [3.8, 4) is 0 Å². The van der Waals surface area contributed by atoms with Crippen molar-refractivity contribution in [2.45, 2.75) is 25.3 Å². The molecule has 0 aromatic rings. The average Bonchev–Trinajstić information content (AvgIpc) is 2.55. The number of nitrogens with one attached hydrogen (secondary N) is 1. The molecule has 4 heteroatoms. The summed E-state index contributed by atoms with van der Waals surface area (Å²) in [7, 11) is 4.18. The van der Waals surface area contributed by atoms with E-state index in [1.54, 1.807) is 0 Å². The summed E-state index contributed by atoms with van der Waals surface area (Å²) in [5, 5.41) is 7.98. The molecule has 14 heavy (non-hydrogen) atoms.